The van der Waals surface area contributed by atoms with Crippen LogP contribution in [-0.2, 0) is 14.8 Å². The van der Waals surface area contributed by atoms with Crippen molar-refractivity contribution in [1.29, 1.82) is 0 Å². The number of hydrogen-bond donors (Lipinski definition) is 2. The summed E-state index contributed by atoms with van der Waals surface area (Å²) < 4.78 is 31.4. The number of nitrogens with one attached hydrogen (secondary N) is 2. The Kier molecular flexibility index (Phi) is 4.14. The molecule has 1 saturated heterocycles. The van der Waals surface area contributed by atoms with Gasteiger partial charge < -0.3 is 10.1 Å². The van der Waals surface area contributed by atoms with E-state index in [0.717, 1.165) is 25.4 Å². The van der Waals surface area contributed by atoms with Gasteiger partial charge in [-0.3, -0.25) is 0 Å². The molecule has 1 aliphatic carbocycles. The Balaban J connectivity index is 1.62. The Morgan fingerprint density at radius 3 is 2.71 bits per heavy atom. The second-order valence-corrected chi connectivity index (χ2v) is 7.59. The molecule has 2 unspecified atom stereocenters. The van der Waals surface area contributed by atoms with Gasteiger partial charge >= 0.3 is 0 Å². The van der Waals surface area contributed by atoms with E-state index in [0.29, 0.717) is 18.0 Å². The van der Waals surface area contributed by atoms with Gasteiger partial charge in [0.05, 0.1) is 6.10 Å². The molecular weight excluding hydrogens is 290 g/mol. The van der Waals surface area contributed by atoms with Gasteiger partial charge in [-0.1, -0.05) is 0 Å². The second kappa shape index (κ2) is 5.90. The van der Waals surface area contributed by atoms with E-state index in [4.69, 9.17) is 4.74 Å². The molecule has 6 nitrogen and oxygen atoms in total. The number of rotatable bonds is 5. The molecule has 1 aromatic heterocycles. The maximum absolute atomic E-state index is 11.6. The molecule has 7 heteroatoms. The fourth-order valence-corrected chi connectivity index (χ4v) is 3.38. The quantitative estimate of drug-likeness (QED) is 0.858. The molecule has 0 bridgehead atoms. The zero-order valence-electron chi connectivity index (χ0n) is 12.1. The van der Waals surface area contributed by atoms with Crippen molar-refractivity contribution in [2.75, 3.05) is 19.0 Å². The summed E-state index contributed by atoms with van der Waals surface area (Å²) in [4.78, 5) is 4.38. The van der Waals surface area contributed by atoms with Crippen LogP contribution in [0.1, 0.15) is 25.7 Å². The van der Waals surface area contributed by atoms with E-state index in [-0.39, 0.29) is 4.90 Å². The summed E-state index contributed by atoms with van der Waals surface area (Å²) in [6.07, 6.45) is 6.29. The minimum Gasteiger partial charge on any atom is -0.378 e. The van der Waals surface area contributed by atoms with Gasteiger partial charge in [-0.05, 0) is 50.8 Å². The first-order chi connectivity index (χ1) is 10.1. The first kappa shape index (κ1) is 14.7. The molecule has 0 amide bonds. The zero-order valence-corrected chi connectivity index (χ0v) is 12.9. The van der Waals surface area contributed by atoms with Crippen LogP contribution in [-0.4, -0.2) is 39.2 Å². The molecule has 1 aromatic rings. The maximum atomic E-state index is 11.6. The zero-order chi connectivity index (χ0) is 14.9. The third-order valence-corrected chi connectivity index (χ3v) is 5.53. The van der Waals surface area contributed by atoms with Crippen LogP contribution in [0.3, 0.4) is 0 Å². The summed E-state index contributed by atoms with van der Waals surface area (Å²) in [5, 5.41) is 3.38. The van der Waals surface area contributed by atoms with Gasteiger partial charge in [0.25, 0.3) is 0 Å². The fraction of sp³-hybridized carbons (Fsp3) is 0.643. The van der Waals surface area contributed by atoms with Crippen molar-refractivity contribution in [3.05, 3.63) is 18.3 Å². The Hall–Kier alpha value is -1.18. The minimum atomic E-state index is -3.42. The summed E-state index contributed by atoms with van der Waals surface area (Å²) >= 11 is 0. The average Bonchev–Trinajstić information content (AvgIpc) is 3.33. The predicted molar refractivity (Wildman–Crippen MR) is 79.6 cm³/mol. The van der Waals surface area contributed by atoms with E-state index >= 15 is 0 Å². The summed E-state index contributed by atoms with van der Waals surface area (Å²) in [5.74, 6) is 1.46. The predicted octanol–water partition coefficient (Wildman–Crippen LogP) is 1.36. The molecular formula is C14H21N3O3S. The number of nitrogens with zero attached hydrogens (tertiary/aromatic N) is 1. The molecule has 0 spiro atoms. The molecule has 21 heavy (non-hydrogen) atoms. The summed E-state index contributed by atoms with van der Waals surface area (Å²) in [6.45, 7) is 0.783. The van der Waals surface area contributed by atoms with Crippen molar-refractivity contribution in [3.8, 4) is 0 Å². The number of ether oxygens (including phenoxy) is 1. The molecule has 2 fully saturated rings. The van der Waals surface area contributed by atoms with Gasteiger partial charge in [0.15, 0.2) is 0 Å². The SMILES string of the molecule is CNS(=O)(=O)c1ccc(NC2CCOC(C3CC3)C2)nc1. The molecule has 0 radical (unpaired) electrons. The van der Waals surface area contributed by atoms with Crippen LogP contribution < -0.4 is 10.0 Å². The van der Waals surface area contributed by atoms with Crippen LogP contribution in [0.25, 0.3) is 0 Å². The second-order valence-electron chi connectivity index (χ2n) is 5.70. The molecule has 2 N–H and O–H groups in total. The topological polar surface area (TPSA) is 80.3 Å². The molecule has 3 rings (SSSR count). The van der Waals surface area contributed by atoms with Gasteiger partial charge in [0, 0.05) is 18.8 Å². The van der Waals surface area contributed by atoms with Gasteiger partial charge in [0.1, 0.15) is 10.7 Å². The average molecular weight is 311 g/mol. The summed E-state index contributed by atoms with van der Waals surface area (Å²) in [6, 6.07) is 3.63. The number of anilines is 1. The number of hydrogen-bond acceptors (Lipinski definition) is 5. The third-order valence-electron chi connectivity index (χ3n) is 4.13. The minimum absolute atomic E-state index is 0.179. The van der Waals surface area contributed by atoms with Crippen molar-refractivity contribution >= 4 is 15.8 Å². The lowest BCUT2D eigenvalue weighted by atomic mass is 10.00. The Labute approximate surface area is 125 Å². The van der Waals surface area contributed by atoms with Crippen LogP contribution in [0.15, 0.2) is 23.2 Å². The number of aromatic nitrogens is 1. The lowest BCUT2D eigenvalue weighted by Crippen LogP contribution is -2.35. The summed E-state index contributed by atoms with van der Waals surface area (Å²) in [7, 11) is -2.03. The maximum Gasteiger partial charge on any atom is 0.241 e. The smallest absolute Gasteiger partial charge is 0.241 e. The van der Waals surface area contributed by atoms with Gasteiger partial charge in [-0.2, -0.15) is 0 Å². The molecule has 2 heterocycles. The number of pyridine rings is 1. The molecule has 0 aromatic carbocycles. The van der Waals surface area contributed by atoms with Crippen molar-refractivity contribution in [2.24, 2.45) is 5.92 Å². The molecule has 1 saturated carbocycles. The van der Waals surface area contributed by atoms with E-state index in [1.54, 1.807) is 12.1 Å². The normalized spacial score (nSPS) is 26.5. The van der Waals surface area contributed by atoms with Crippen molar-refractivity contribution in [2.45, 2.75) is 42.7 Å². The van der Waals surface area contributed by atoms with E-state index in [9.17, 15) is 8.42 Å². The Morgan fingerprint density at radius 1 is 1.29 bits per heavy atom. The van der Waals surface area contributed by atoms with E-state index in [2.05, 4.69) is 15.0 Å². The van der Waals surface area contributed by atoms with Crippen LogP contribution in [0.4, 0.5) is 5.82 Å². The first-order valence-corrected chi connectivity index (χ1v) is 8.84. The standard InChI is InChI=1S/C14H21N3O3S/c1-15-21(18,19)12-4-5-14(16-9-12)17-11-6-7-20-13(8-11)10-2-3-10/h4-5,9-11,13,15H,2-3,6-8H2,1H3,(H,16,17). The highest BCUT2D eigenvalue weighted by molar-refractivity contribution is 7.89. The lowest BCUT2D eigenvalue weighted by Gasteiger charge is -2.30. The fourth-order valence-electron chi connectivity index (χ4n) is 2.71. The first-order valence-electron chi connectivity index (χ1n) is 7.36. The van der Waals surface area contributed by atoms with Gasteiger partial charge in [-0.15, -0.1) is 0 Å². The van der Waals surface area contributed by atoms with Gasteiger partial charge in [-0.25, -0.2) is 18.1 Å². The highest BCUT2D eigenvalue weighted by atomic mass is 32.2. The monoisotopic (exact) mass is 311 g/mol. The van der Waals surface area contributed by atoms with Gasteiger partial charge in [0.2, 0.25) is 10.0 Å². The molecule has 1 aliphatic heterocycles. The van der Waals surface area contributed by atoms with Crippen molar-refractivity contribution < 1.29 is 13.2 Å². The molecule has 116 valence electrons. The van der Waals surface area contributed by atoms with E-state index in [1.165, 1.54) is 26.1 Å². The number of sulfonamides is 1. The highest BCUT2D eigenvalue weighted by Crippen LogP contribution is 2.38. The van der Waals surface area contributed by atoms with E-state index in [1.807, 2.05) is 0 Å². The molecule has 2 atom stereocenters. The van der Waals surface area contributed by atoms with Crippen LogP contribution in [0.5, 0.6) is 0 Å². The lowest BCUT2D eigenvalue weighted by molar-refractivity contribution is -0.00223. The van der Waals surface area contributed by atoms with Crippen LogP contribution in [0.2, 0.25) is 0 Å². The Bertz CT molecular complexity index is 584. The summed E-state index contributed by atoms with van der Waals surface area (Å²) in [5.41, 5.74) is 0. The van der Waals surface area contributed by atoms with E-state index < -0.39 is 10.0 Å². The largest absolute Gasteiger partial charge is 0.378 e. The van der Waals surface area contributed by atoms with Crippen LogP contribution in [0, 0.1) is 5.92 Å². The van der Waals surface area contributed by atoms with Crippen LogP contribution >= 0.6 is 0 Å². The highest BCUT2D eigenvalue weighted by Gasteiger charge is 2.35. The third kappa shape index (κ3) is 3.53. The Morgan fingerprint density at radius 2 is 2.10 bits per heavy atom. The van der Waals surface area contributed by atoms with Crippen molar-refractivity contribution in [1.82, 2.24) is 9.71 Å². The van der Waals surface area contributed by atoms with Crippen molar-refractivity contribution in [3.63, 3.8) is 0 Å². The molecule has 2 aliphatic rings.